The van der Waals surface area contributed by atoms with E-state index in [0.717, 1.165) is 0 Å². The second-order valence-corrected chi connectivity index (χ2v) is 6.35. The number of nitrogens with zero attached hydrogens (tertiary/aromatic N) is 2. The van der Waals surface area contributed by atoms with E-state index >= 15 is 0 Å². The predicted molar refractivity (Wildman–Crippen MR) is 72.3 cm³/mol. The maximum absolute atomic E-state index is 9.28. The molecular weight excluding hydrogens is 260 g/mol. The highest BCUT2D eigenvalue weighted by molar-refractivity contribution is 7.10. The van der Waals surface area contributed by atoms with Crippen LogP contribution in [0.4, 0.5) is 0 Å². The van der Waals surface area contributed by atoms with Crippen molar-refractivity contribution in [2.75, 3.05) is 0 Å². The quantitative estimate of drug-likeness (QED) is 0.829. The van der Waals surface area contributed by atoms with Gasteiger partial charge in [-0.2, -0.15) is 10.5 Å². The van der Waals surface area contributed by atoms with Gasteiger partial charge in [0.15, 0.2) is 0 Å². The van der Waals surface area contributed by atoms with Gasteiger partial charge in [-0.05, 0) is 22.9 Å². The average molecular weight is 270 g/mol. The molecule has 2 aromatic rings. The van der Waals surface area contributed by atoms with Gasteiger partial charge in [0.2, 0.25) is 0 Å². The fraction of sp³-hybridized carbons (Fsp3) is 0.286. The minimum Gasteiger partial charge on any atom is -0.198 e. The molecule has 4 heteroatoms. The van der Waals surface area contributed by atoms with Crippen molar-refractivity contribution >= 4 is 22.7 Å². The van der Waals surface area contributed by atoms with Crippen molar-refractivity contribution in [3.63, 3.8) is 0 Å². The Balaban J connectivity index is 2.00. The first-order valence-electron chi connectivity index (χ1n) is 5.73. The van der Waals surface area contributed by atoms with Gasteiger partial charge in [0.25, 0.3) is 0 Å². The van der Waals surface area contributed by atoms with Crippen molar-refractivity contribution in [1.82, 2.24) is 0 Å². The van der Waals surface area contributed by atoms with Gasteiger partial charge in [-0.1, -0.05) is 12.1 Å². The van der Waals surface area contributed by atoms with Crippen LogP contribution in [-0.2, 0) is 0 Å². The number of rotatable bonds is 2. The maximum atomic E-state index is 9.28. The Morgan fingerprint density at radius 2 is 1.28 bits per heavy atom. The first-order valence-corrected chi connectivity index (χ1v) is 7.48. The Hall–Kier alpha value is -1.62. The lowest BCUT2D eigenvalue weighted by molar-refractivity contribution is 0.196. The molecule has 3 rings (SSSR count). The monoisotopic (exact) mass is 270 g/mol. The van der Waals surface area contributed by atoms with Crippen LogP contribution >= 0.6 is 22.7 Å². The molecule has 0 saturated heterocycles. The van der Waals surface area contributed by atoms with E-state index < -0.39 is 0 Å². The van der Waals surface area contributed by atoms with Gasteiger partial charge in [-0.15, -0.1) is 22.7 Å². The number of thiophene rings is 2. The van der Waals surface area contributed by atoms with Gasteiger partial charge in [-0.25, -0.2) is 0 Å². The topological polar surface area (TPSA) is 47.6 Å². The van der Waals surface area contributed by atoms with E-state index in [0.29, 0.717) is 0 Å². The Morgan fingerprint density at radius 1 is 0.833 bits per heavy atom. The van der Waals surface area contributed by atoms with Crippen LogP contribution in [0.3, 0.4) is 0 Å². The van der Waals surface area contributed by atoms with Gasteiger partial charge in [0.05, 0.1) is 24.0 Å². The van der Waals surface area contributed by atoms with Crippen molar-refractivity contribution < 1.29 is 0 Å². The number of hydrogen-bond acceptors (Lipinski definition) is 4. The molecule has 0 aliphatic heterocycles. The fourth-order valence-corrected chi connectivity index (χ4v) is 4.58. The molecule has 1 aliphatic carbocycles. The van der Waals surface area contributed by atoms with Crippen LogP contribution in [-0.4, -0.2) is 0 Å². The van der Waals surface area contributed by atoms with Crippen molar-refractivity contribution in [3.05, 3.63) is 44.8 Å². The molecule has 0 aromatic carbocycles. The molecule has 1 aliphatic rings. The first kappa shape index (κ1) is 11.5. The Bertz CT molecular complexity index is 545. The summed E-state index contributed by atoms with van der Waals surface area (Å²) in [5.41, 5.74) is 0. The highest BCUT2D eigenvalue weighted by Gasteiger charge is 2.53. The van der Waals surface area contributed by atoms with E-state index in [1.807, 2.05) is 22.9 Å². The summed E-state index contributed by atoms with van der Waals surface area (Å²) in [6.07, 6.45) is 0. The number of nitriles is 2. The minimum absolute atomic E-state index is 0.166. The lowest BCUT2D eigenvalue weighted by atomic mass is 9.56. The highest BCUT2D eigenvalue weighted by atomic mass is 32.1. The summed E-state index contributed by atoms with van der Waals surface area (Å²) >= 11 is 3.37. The molecule has 2 aromatic heterocycles. The molecule has 0 N–H and O–H groups in total. The Labute approximate surface area is 114 Å². The van der Waals surface area contributed by atoms with Crippen LogP contribution in [0.25, 0.3) is 0 Å². The summed E-state index contributed by atoms with van der Waals surface area (Å²) in [7, 11) is 0. The molecule has 88 valence electrons. The summed E-state index contributed by atoms with van der Waals surface area (Å²) in [6, 6.07) is 12.8. The summed E-state index contributed by atoms with van der Waals surface area (Å²) in [5.74, 6) is 0.0538. The molecule has 0 radical (unpaired) electrons. The highest BCUT2D eigenvalue weighted by Crippen LogP contribution is 2.58. The number of hydrogen-bond donors (Lipinski definition) is 0. The van der Waals surface area contributed by atoms with Gasteiger partial charge in [0.1, 0.15) is 0 Å². The average Bonchev–Trinajstić information content (AvgIpc) is 3.01. The zero-order valence-electron chi connectivity index (χ0n) is 9.48. The van der Waals surface area contributed by atoms with Crippen LogP contribution < -0.4 is 0 Å². The van der Waals surface area contributed by atoms with Crippen LogP contribution in [0.2, 0.25) is 0 Å². The normalized spacial score (nSPS) is 30.1. The third-order valence-electron chi connectivity index (χ3n) is 3.59. The van der Waals surface area contributed by atoms with E-state index in [-0.39, 0.29) is 23.7 Å². The smallest absolute Gasteiger partial charge is 0.0711 e. The van der Waals surface area contributed by atoms with E-state index in [9.17, 15) is 10.5 Å². The van der Waals surface area contributed by atoms with Gasteiger partial charge in [0, 0.05) is 21.6 Å². The summed E-state index contributed by atoms with van der Waals surface area (Å²) < 4.78 is 0. The molecule has 1 fully saturated rings. The second-order valence-electron chi connectivity index (χ2n) is 4.39. The Morgan fingerprint density at radius 3 is 1.56 bits per heavy atom. The maximum Gasteiger partial charge on any atom is 0.0711 e. The molecule has 0 amide bonds. The largest absolute Gasteiger partial charge is 0.198 e. The first-order chi connectivity index (χ1) is 8.86. The van der Waals surface area contributed by atoms with Gasteiger partial charge < -0.3 is 0 Å². The molecule has 4 atom stereocenters. The summed E-state index contributed by atoms with van der Waals surface area (Å²) in [4.78, 5) is 2.46. The van der Waals surface area contributed by atoms with Crippen molar-refractivity contribution in [2.24, 2.45) is 11.8 Å². The van der Waals surface area contributed by atoms with Gasteiger partial charge in [-0.3, -0.25) is 0 Å². The molecular formula is C14H10N2S2. The molecule has 0 bridgehead atoms. The van der Waals surface area contributed by atoms with Crippen LogP contribution in [0.5, 0.6) is 0 Å². The molecule has 0 spiro atoms. The zero-order chi connectivity index (χ0) is 12.5. The van der Waals surface area contributed by atoms with E-state index in [2.05, 4.69) is 24.3 Å². The van der Waals surface area contributed by atoms with Crippen LogP contribution in [0, 0.1) is 34.5 Å². The van der Waals surface area contributed by atoms with E-state index in [1.165, 1.54) is 9.75 Å². The summed E-state index contributed by atoms with van der Waals surface area (Å²) in [6.45, 7) is 0. The third-order valence-corrected chi connectivity index (χ3v) is 5.54. The molecule has 0 unspecified atom stereocenters. The summed E-state index contributed by atoms with van der Waals surface area (Å²) in [5, 5.41) is 22.6. The third kappa shape index (κ3) is 1.58. The Kier molecular flexibility index (Phi) is 2.91. The predicted octanol–water partition coefficient (Wildman–Crippen LogP) is 3.97. The van der Waals surface area contributed by atoms with Crippen molar-refractivity contribution in [3.8, 4) is 12.1 Å². The van der Waals surface area contributed by atoms with E-state index in [4.69, 9.17) is 0 Å². The van der Waals surface area contributed by atoms with Gasteiger partial charge >= 0.3 is 0 Å². The van der Waals surface area contributed by atoms with Crippen molar-refractivity contribution in [1.29, 1.82) is 10.5 Å². The molecule has 2 nitrogen and oxygen atoms in total. The van der Waals surface area contributed by atoms with Crippen LogP contribution in [0.1, 0.15) is 21.6 Å². The van der Waals surface area contributed by atoms with E-state index in [1.54, 1.807) is 22.7 Å². The second kappa shape index (κ2) is 4.57. The van der Waals surface area contributed by atoms with Crippen LogP contribution in [0.15, 0.2) is 35.0 Å². The lowest BCUT2D eigenvalue weighted by Crippen LogP contribution is -2.41. The zero-order valence-corrected chi connectivity index (χ0v) is 11.1. The SMILES string of the molecule is N#C[C@@H]1[C@H](C#N)[C@@H](c2cccs2)[C@@H]1c1cccs1. The standard InChI is InChI=1S/C14H10N2S2/c15-7-9-10(8-16)14(12-4-2-6-18-12)13(9)11-3-1-5-17-11/h1-6,9-10,13-14H/t9-,10+,13-,14-/m0/s1. The minimum atomic E-state index is -0.166. The molecule has 1 saturated carbocycles. The lowest BCUT2D eigenvalue weighted by Gasteiger charge is -2.44. The molecule has 18 heavy (non-hydrogen) atoms. The van der Waals surface area contributed by atoms with Crippen molar-refractivity contribution in [2.45, 2.75) is 11.8 Å². The fourth-order valence-electron chi connectivity index (χ4n) is 2.74. The molecule has 2 heterocycles.